The first-order valence-corrected chi connectivity index (χ1v) is 11.6. The topological polar surface area (TPSA) is 108 Å². The van der Waals surface area contributed by atoms with E-state index in [0.29, 0.717) is 29.1 Å². The van der Waals surface area contributed by atoms with Crippen molar-refractivity contribution in [2.75, 3.05) is 15.6 Å². The largest absolute Gasteiger partial charge is 0.403 e. The Morgan fingerprint density at radius 2 is 1.84 bits per heavy atom. The van der Waals surface area contributed by atoms with Gasteiger partial charge in [0.25, 0.3) is 5.91 Å². The maximum Gasteiger partial charge on any atom is 0.317 e. The lowest BCUT2D eigenvalue weighted by atomic mass is 10.0. The summed E-state index contributed by atoms with van der Waals surface area (Å²) >= 11 is 0. The van der Waals surface area contributed by atoms with Crippen LogP contribution in [0, 0.1) is 5.82 Å². The lowest BCUT2D eigenvalue weighted by Gasteiger charge is -2.17. The van der Waals surface area contributed by atoms with E-state index in [1.165, 1.54) is 11.1 Å². The van der Waals surface area contributed by atoms with E-state index in [0.717, 1.165) is 11.1 Å². The van der Waals surface area contributed by atoms with Gasteiger partial charge in [0.1, 0.15) is 11.5 Å². The maximum absolute atomic E-state index is 14.8. The summed E-state index contributed by atoms with van der Waals surface area (Å²) in [6.45, 7) is 0. The number of hydrogen-bond donors (Lipinski definition) is 2. The summed E-state index contributed by atoms with van der Waals surface area (Å²) < 4.78 is 20.5. The van der Waals surface area contributed by atoms with E-state index in [-0.39, 0.29) is 17.8 Å². The Labute approximate surface area is 211 Å². The zero-order valence-corrected chi connectivity index (χ0v) is 19.4. The molecule has 0 saturated heterocycles. The average molecular weight is 494 g/mol. The Hall–Kier alpha value is -5.12. The van der Waals surface area contributed by atoms with Crippen molar-refractivity contribution in [3.63, 3.8) is 0 Å². The molecule has 2 aliphatic rings. The highest BCUT2D eigenvalue weighted by atomic mass is 19.1. The molecule has 2 N–H and O–H groups in total. The Bertz CT molecular complexity index is 1550. The van der Waals surface area contributed by atoms with Crippen LogP contribution in [0.5, 0.6) is 0 Å². The third kappa shape index (κ3) is 4.47. The number of rotatable bonds is 5. The van der Waals surface area contributed by atoms with Gasteiger partial charge >= 0.3 is 6.01 Å². The second-order valence-electron chi connectivity index (χ2n) is 8.27. The van der Waals surface area contributed by atoms with Crippen molar-refractivity contribution < 1.29 is 13.6 Å². The molecule has 6 rings (SSSR count). The molecule has 1 atom stereocenters. The van der Waals surface area contributed by atoms with E-state index in [2.05, 4.69) is 25.9 Å². The predicted molar refractivity (Wildman–Crippen MR) is 139 cm³/mol. The number of fused-ring (bicyclic) bond motifs is 1. The summed E-state index contributed by atoms with van der Waals surface area (Å²) in [5.74, 6) is -0.786. The van der Waals surface area contributed by atoms with Crippen molar-refractivity contribution in [3.8, 4) is 11.5 Å². The van der Waals surface area contributed by atoms with Gasteiger partial charge in [-0.1, -0.05) is 59.7 Å². The molecule has 0 bridgehead atoms. The number of carbonyl (C=O) groups excluding carboxylic acids is 1. The normalized spacial score (nSPS) is 16.6. The highest BCUT2D eigenvalue weighted by Crippen LogP contribution is 2.29. The first-order valence-electron chi connectivity index (χ1n) is 11.6. The van der Waals surface area contributed by atoms with E-state index in [4.69, 9.17) is 9.41 Å². The number of anilines is 3. The number of halogens is 1. The molecule has 182 valence electrons. The number of aromatic nitrogens is 2. The molecule has 0 spiro atoms. The number of benzene rings is 3. The first kappa shape index (κ1) is 22.4. The third-order valence-electron chi connectivity index (χ3n) is 5.81. The standard InChI is InChI=1S/C27H20FN7O2/c28-20-16-18(12-13-22(20)35-15-7-6-14-29-35)26-33-34-27(37-26)32-24-25(36)30-21-11-5-4-10-19(21)23(31-24)17-8-2-1-3-9-17/h1-5,7-16,24H,6H2,(H,30,36)(H,32,34). The summed E-state index contributed by atoms with van der Waals surface area (Å²) in [4.78, 5) is 17.7. The molecule has 4 aromatic rings. The van der Waals surface area contributed by atoms with Crippen LogP contribution in [0.1, 0.15) is 17.5 Å². The second kappa shape index (κ2) is 9.50. The molecule has 9 nitrogen and oxygen atoms in total. The average Bonchev–Trinajstić information content (AvgIpc) is 3.35. The summed E-state index contributed by atoms with van der Waals surface area (Å²) in [6.07, 6.45) is 4.93. The highest BCUT2D eigenvalue weighted by molar-refractivity contribution is 6.19. The zero-order valence-electron chi connectivity index (χ0n) is 19.4. The molecule has 37 heavy (non-hydrogen) atoms. The smallest absolute Gasteiger partial charge is 0.317 e. The number of nitrogens with zero attached hydrogens (tertiary/aromatic N) is 5. The summed E-state index contributed by atoms with van der Waals surface area (Å²) in [5, 5.41) is 19.4. The molecule has 1 amide bonds. The molecular weight excluding hydrogens is 473 g/mol. The molecular formula is C27H20FN7O2. The molecule has 2 aliphatic heterocycles. The van der Waals surface area contributed by atoms with Gasteiger partial charge in [0.2, 0.25) is 12.1 Å². The number of aliphatic imine (C=N–C) groups is 1. The van der Waals surface area contributed by atoms with Gasteiger partial charge in [-0.2, -0.15) is 5.10 Å². The zero-order chi connectivity index (χ0) is 25.2. The van der Waals surface area contributed by atoms with Gasteiger partial charge < -0.3 is 15.1 Å². The van der Waals surface area contributed by atoms with E-state index in [1.54, 1.807) is 24.5 Å². The SMILES string of the molecule is O=C1Nc2ccccc2C(c2ccccc2)=NC1Nc1nnc(-c2ccc(N3C=CCC=N3)c(F)c2)o1. The molecule has 3 aromatic carbocycles. The van der Waals surface area contributed by atoms with Crippen LogP contribution in [-0.2, 0) is 4.79 Å². The predicted octanol–water partition coefficient (Wildman–Crippen LogP) is 4.81. The molecule has 1 aromatic heterocycles. The van der Waals surface area contributed by atoms with Crippen molar-refractivity contribution in [1.82, 2.24) is 10.2 Å². The molecule has 0 aliphatic carbocycles. The summed E-state index contributed by atoms with van der Waals surface area (Å²) in [7, 11) is 0. The van der Waals surface area contributed by atoms with Crippen LogP contribution in [0.4, 0.5) is 21.8 Å². The maximum atomic E-state index is 14.8. The monoisotopic (exact) mass is 493 g/mol. The Morgan fingerprint density at radius 3 is 2.65 bits per heavy atom. The highest BCUT2D eigenvalue weighted by Gasteiger charge is 2.27. The van der Waals surface area contributed by atoms with Gasteiger partial charge in [-0.05, 0) is 24.3 Å². The molecule has 0 fully saturated rings. The fraction of sp³-hybridized carbons (Fsp3) is 0.0741. The fourth-order valence-electron chi connectivity index (χ4n) is 4.06. The van der Waals surface area contributed by atoms with Crippen molar-refractivity contribution in [1.29, 1.82) is 0 Å². The van der Waals surface area contributed by atoms with Crippen LogP contribution < -0.4 is 15.6 Å². The molecule has 3 heterocycles. The van der Waals surface area contributed by atoms with Crippen LogP contribution in [-0.4, -0.2) is 34.2 Å². The summed E-state index contributed by atoms with van der Waals surface area (Å²) in [5.41, 5.74) is 3.62. The quantitative estimate of drug-likeness (QED) is 0.413. The van der Waals surface area contributed by atoms with Crippen molar-refractivity contribution >= 4 is 35.2 Å². The van der Waals surface area contributed by atoms with Crippen molar-refractivity contribution in [3.05, 3.63) is 102 Å². The molecule has 0 saturated carbocycles. The minimum Gasteiger partial charge on any atom is -0.403 e. The van der Waals surface area contributed by atoms with Gasteiger partial charge in [0.15, 0.2) is 0 Å². The number of carbonyl (C=O) groups is 1. The second-order valence-corrected chi connectivity index (χ2v) is 8.27. The number of benzodiazepines with no additional fused rings is 1. The van der Waals surface area contributed by atoms with Crippen molar-refractivity contribution in [2.45, 2.75) is 12.6 Å². The van der Waals surface area contributed by atoms with Gasteiger partial charge in [-0.25, -0.2) is 14.4 Å². The number of allylic oxidation sites excluding steroid dienone is 1. The van der Waals surface area contributed by atoms with Gasteiger partial charge in [-0.3, -0.25) is 4.79 Å². The molecule has 0 radical (unpaired) electrons. The minimum absolute atomic E-state index is 0.0229. The Balaban J connectivity index is 1.28. The number of hydrogen-bond acceptors (Lipinski definition) is 8. The third-order valence-corrected chi connectivity index (χ3v) is 5.81. The first-order chi connectivity index (χ1) is 18.2. The van der Waals surface area contributed by atoms with Crippen LogP contribution in [0.15, 0.2) is 99.6 Å². The van der Waals surface area contributed by atoms with Crippen LogP contribution >= 0.6 is 0 Å². The van der Waals surface area contributed by atoms with E-state index < -0.39 is 12.0 Å². The Morgan fingerprint density at radius 1 is 1.00 bits per heavy atom. The number of hydrazone groups is 1. The number of nitrogens with one attached hydrogen (secondary N) is 2. The number of para-hydroxylation sites is 1. The van der Waals surface area contributed by atoms with E-state index in [9.17, 15) is 9.18 Å². The van der Waals surface area contributed by atoms with Crippen LogP contribution in [0.3, 0.4) is 0 Å². The minimum atomic E-state index is -1.04. The van der Waals surface area contributed by atoms with Crippen LogP contribution in [0.2, 0.25) is 0 Å². The van der Waals surface area contributed by atoms with Gasteiger partial charge in [0, 0.05) is 35.5 Å². The van der Waals surface area contributed by atoms with Crippen molar-refractivity contribution in [2.24, 2.45) is 10.1 Å². The van der Waals surface area contributed by atoms with E-state index >= 15 is 0 Å². The van der Waals surface area contributed by atoms with Crippen LogP contribution in [0.25, 0.3) is 11.5 Å². The molecule has 1 unspecified atom stereocenters. The molecule has 10 heteroatoms. The van der Waals surface area contributed by atoms with E-state index in [1.807, 2.05) is 60.7 Å². The fourth-order valence-corrected chi connectivity index (χ4v) is 4.06. The van der Waals surface area contributed by atoms with Gasteiger partial charge in [-0.15, -0.1) is 5.10 Å². The number of amides is 1. The lowest BCUT2D eigenvalue weighted by Crippen LogP contribution is -2.32. The summed E-state index contributed by atoms with van der Waals surface area (Å²) in [6, 6.07) is 21.6. The van der Waals surface area contributed by atoms with Gasteiger partial charge in [0.05, 0.1) is 11.4 Å². The Kier molecular flexibility index (Phi) is 5.74. The lowest BCUT2D eigenvalue weighted by molar-refractivity contribution is -0.116.